The van der Waals surface area contributed by atoms with Gasteiger partial charge in [0.2, 0.25) is 0 Å². The summed E-state index contributed by atoms with van der Waals surface area (Å²) in [6.45, 7) is 2.74. The zero-order valence-electron chi connectivity index (χ0n) is 11.5. The standard InChI is InChI=1S/C15H19FO4/c1-11(19-10-14-6-2-3-8-18-14)15(17)20-13-7-4-5-12(16)9-13/h4-5,7,9,11,14H,2-3,6,8,10H2,1H3. The number of esters is 1. The lowest BCUT2D eigenvalue weighted by Crippen LogP contribution is -2.31. The molecule has 0 bridgehead atoms. The molecule has 1 aliphatic rings. The highest BCUT2D eigenvalue weighted by atomic mass is 19.1. The van der Waals surface area contributed by atoms with Gasteiger partial charge in [-0.2, -0.15) is 0 Å². The molecule has 0 saturated carbocycles. The van der Waals surface area contributed by atoms with Crippen molar-refractivity contribution in [3.63, 3.8) is 0 Å². The molecule has 1 heterocycles. The van der Waals surface area contributed by atoms with Gasteiger partial charge in [-0.05, 0) is 38.3 Å². The Kier molecular flexibility index (Phi) is 5.49. The third-order valence-corrected chi connectivity index (χ3v) is 3.15. The van der Waals surface area contributed by atoms with Crippen LogP contribution in [0.5, 0.6) is 5.75 Å². The fourth-order valence-electron chi connectivity index (χ4n) is 1.99. The van der Waals surface area contributed by atoms with Crippen molar-refractivity contribution >= 4 is 5.97 Å². The average molecular weight is 282 g/mol. The van der Waals surface area contributed by atoms with E-state index in [2.05, 4.69) is 0 Å². The normalized spacial score (nSPS) is 20.4. The summed E-state index contributed by atoms with van der Waals surface area (Å²) in [5.74, 6) is -0.801. The molecule has 20 heavy (non-hydrogen) atoms. The van der Waals surface area contributed by atoms with Crippen LogP contribution >= 0.6 is 0 Å². The molecule has 0 amide bonds. The maximum Gasteiger partial charge on any atom is 0.340 e. The van der Waals surface area contributed by atoms with Gasteiger partial charge in [0.05, 0.1) is 12.7 Å². The Labute approximate surface area is 117 Å². The van der Waals surface area contributed by atoms with Crippen molar-refractivity contribution < 1.29 is 23.4 Å². The van der Waals surface area contributed by atoms with Crippen LogP contribution in [0.1, 0.15) is 26.2 Å². The molecule has 4 nitrogen and oxygen atoms in total. The molecule has 1 saturated heterocycles. The maximum atomic E-state index is 13.0. The first-order chi connectivity index (χ1) is 9.65. The van der Waals surface area contributed by atoms with Crippen molar-refractivity contribution in [1.82, 2.24) is 0 Å². The molecule has 110 valence electrons. The Hall–Kier alpha value is -1.46. The Balaban J connectivity index is 1.76. The summed E-state index contributed by atoms with van der Waals surface area (Å²) < 4.78 is 29.0. The minimum atomic E-state index is -0.705. The van der Waals surface area contributed by atoms with E-state index in [1.165, 1.54) is 18.2 Å². The Morgan fingerprint density at radius 3 is 3.05 bits per heavy atom. The van der Waals surface area contributed by atoms with Gasteiger partial charge in [-0.25, -0.2) is 9.18 Å². The third kappa shape index (κ3) is 4.58. The Morgan fingerprint density at radius 2 is 2.35 bits per heavy atom. The minimum Gasteiger partial charge on any atom is -0.425 e. The summed E-state index contributed by atoms with van der Waals surface area (Å²) >= 11 is 0. The van der Waals surface area contributed by atoms with Crippen LogP contribution in [0, 0.1) is 5.82 Å². The molecule has 1 fully saturated rings. The van der Waals surface area contributed by atoms with E-state index in [1.807, 2.05) is 0 Å². The lowest BCUT2D eigenvalue weighted by atomic mass is 10.1. The van der Waals surface area contributed by atoms with Crippen LogP contribution in [-0.2, 0) is 14.3 Å². The largest absolute Gasteiger partial charge is 0.425 e. The smallest absolute Gasteiger partial charge is 0.340 e. The van der Waals surface area contributed by atoms with Crippen LogP contribution in [-0.4, -0.2) is 31.4 Å². The molecule has 0 aliphatic carbocycles. The first-order valence-corrected chi connectivity index (χ1v) is 6.85. The monoisotopic (exact) mass is 282 g/mol. The second-order valence-electron chi connectivity index (χ2n) is 4.84. The minimum absolute atomic E-state index is 0.0492. The Morgan fingerprint density at radius 1 is 1.50 bits per heavy atom. The molecule has 0 N–H and O–H groups in total. The highest BCUT2D eigenvalue weighted by Gasteiger charge is 2.20. The number of carbonyl (C=O) groups excluding carboxylic acids is 1. The molecule has 2 atom stereocenters. The first kappa shape index (κ1) is 14.9. The van der Waals surface area contributed by atoms with Gasteiger partial charge in [0, 0.05) is 12.7 Å². The molecule has 0 spiro atoms. The van der Waals surface area contributed by atoms with Gasteiger partial charge in [-0.3, -0.25) is 0 Å². The molecule has 5 heteroatoms. The molecule has 0 radical (unpaired) electrons. The number of ether oxygens (including phenoxy) is 3. The van der Waals surface area contributed by atoms with Crippen LogP contribution < -0.4 is 4.74 Å². The molecule has 0 aromatic heterocycles. The van der Waals surface area contributed by atoms with Crippen LogP contribution in [0.4, 0.5) is 4.39 Å². The van der Waals surface area contributed by atoms with Crippen LogP contribution in [0.2, 0.25) is 0 Å². The molecule has 2 unspecified atom stereocenters. The molecule has 2 rings (SSSR count). The summed E-state index contributed by atoms with van der Waals surface area (Å²) in [6, 6.07) is 5.46. The summed E-state index contributed by atoms with van der Waals surface area (Å²) in [7, 11) is 0. The number of carbonyl (C=O) groups is 1. The van der Waals surface area contributed by atoms with Gasteiger partial charge < -0.3 is 14.2 Å². The first-order valence-electron chi connectivity index (χ1n) is 6.85. The molecular formula is C15H19FO4. The third-order valence-electron chi connectivity index (χ3n) is 3.15. The van der Waals surface area contributed by atoms with Crippen molar-refractivity contribution in [1.29, 1.82) is 0 Å². The van der Waals surface area contributed by atoms with Gasteiger partial charge in [0.15, 0.2) is 6.10 Å². The summed E-state index contributed by atoms with van der Waals surface area (Å²) in [5.41, 5.74) is 0. The van der Waals surface area contributed by atoms with E-state index in [-0.39, 0.29) is 11.9 Å². The quantitative estimate of drug-likeness (QED) is 0.615. The van der Waals surface area contributed by atoms with Crippen LogP contribution in [0.3, 0.4) is 0 Å². The van der Waals surface area contributed by atoms with E-state index >= 15 is 0 Å². The lowest BCUT2D eigenvalue weighted by molar-refractivity contribution is -0.149. The number of hydrogen-bond acceptors (Lipinski definition) is 4. The maximum absolute atomic E-state index is 13.0. The summed E-state index contributed by atoms with van der Waals surface area (Å²) in [6.07, 6.45) is 2.49. The van der Waals surface area contributed by atoms with Crippen molar-refractivity contribution in [3.8, 4) is 5.75 Å². The van der Waals surface area contributed by atoms with Crippen molar-refractivity contribution in [2.45, 2.75) is 38.4 Å². The predicted molar refractivity (Wildman–Crippen MR) is 71.0 cm³/mol. The van der Waals surface area contributed by atoms with Gasteiger partial charge in [0.25, 0.3) is 0 Å². The highest BCUT2D eigenvalue weighted by molar-refractivity contribution is 5.76. The number of benzene rings is 1. The SMILES string of the molecule is CC(OCC1CCCCO1)C(=O)Oc1cccc(F)c1. The number of rotatable bonds is 5. The van der Waals surface area contributed by atoms with Gasteiger partial charge in [0.1, 0.15) is 11.6 Å². The average Bonchev–Trinajstić information content (AvgIpc) is 2.46. The fraction of sp³-hybridized carbons (Fsp3) is 0.533. The van der Waals surface area contributed by atoms with E-state index < -0.39 is 17.9 Å². The molecule has 1 aliphatic heterocycles. The van der Waals surface area contributed by atoms with E-state index in [9.17, 15) is 9.18 Å². The lowest BCUT2D eigenvalue weighted by Gasteiger charge is -2.23. The molecular weight excluding hydrogens is 263 g/mol. The predicted octanol–water partition coefficient (Wildman–Crippen LogP) is 2.71. The number of hydrogen-bond donors (Lipinski definition) is 0. The fourth-order valence-corrected chi connectivity index (χ4v) is 1.99. The zero-order chi connectivity index (χ0) is 14.4. The van der Waals surface area contributed by atoms with Gasteiger partial charge in [-0.15, -0.1) is 0 Å². The molecule has 1 aromatic rings. The summed E-state index contributed by atoms with van der Waals surface area (Å²) in [5, 5.41) is 0. The van der Waals surface area contributed by atoms with Crippen molar-refractivity contribution in [2.75, 3.05) is 13.2 Å². The van der Waals surface area contributed by atoms with Crippen molar-refractivity contribution in [2.24, 2.45) is 0 Å². The Bertz CT molecular complexity index is 443. The van der Waals surface area contributed by atoms with E-state index in [1.54, 1.807) is 6.92 Å². The zero-order valence-corrected chi connectivity index (χ0v) is 11.5. The molecule has 1 aromatic carbocycles. The van der Waals surface area contributed by atoms with E-state index in [0.29, 0.717) is 6.61 Å². The van der Waals surface area contributed by atoms with Gasteiger partial charge >= 0.3 is 5.97 Å². The van der Waals surface area contributed by atoms with Crippen LogP contribution in [0.15, 0.2) is 24.3 Å². The highest BCUT2D eigenvalue weighted by Crippen LogP contribution is 2.15. The van der Waals surface area contributed by atoms with E-state index in [0.717, 1.165) is 31.9 Å². The topological polar surface area (TPSA) is 44.8 Å². The van der Waals surface area contributed by atoms with Gasteiger partial charge in [-0.1, -0.05) is 6.07 Å². The van der Waals surface area contributed by atoms with Crippen molar-refractivity contribution in [3.05, 3.63) is 30.1 Å². The second-order valence-corrected chi connectivity index (χ2v) is 4.84. The number of halogens is 1. The summed E-state index contributed by atoms with van der Waals surface area (Å²) in [4.78, 5) is 11.8. The van der Waals surface area contributed by atoms with E-state index in [4.69, 9.17) is 14.2 Å². The van der Waals surface area contributed by atoms with Crippen LogP contribution in [0.25, 0.3) is 0 Å². The second kappa shape index (κ2) is 7.36.